The van der Waals surface area contributed by atoms with Crippen LogP contribution in [0.3, 0.4) is 0 Å². The molecule has 240 valence electrons. The Morgan fingerprint density at radius 2 is 1.96 bits per heavy atom. The van der Waals surface area contributed by atoms with E-state index in [1.54, 1.807) is 61.7 Å². The quantitative estimate of drug-likeness (QED) is 0.156. The molecule has 10 nitrogen and oxygen atoms in total. The van der Waals surface area contributed by atoms with E-state index < -0.39 is 30.6 Å². The third kappa shape index (κ3) is 8.40. The number of amides is 2. The Morgan fingerprint density at radius 3 is 2.58 bits per heavy atom. The number of nitrogens with zero attached hydrogens (tertiary/aromatic N) is 2. The summed E-state index contributed by atoms with van der Waals surface area (Å²) in [6.07, 6.45) is 7.65. The molecule has 1 aliphatic carbocycles. The van der Waals surface area contributed by atoms with Crippen molar-refractivity contribution >= 4 is 40.8 Å². The molecule has 0 spiro atoms. The fourth-order valence-electron chi connectivity index (χ4n) is 4.83. The van der Waals surface area contributed by atoms with Crippen LogP contribution in [-0.2, 0) is 9.53 Å². The lowest BCUT2D eigenvalue weighted by Crippen LogP contribution is -2.44. The lowest BCUT2D eigenvalue weighted by molar-refractivity contribution is -0.129. The van der Waals surface area contributed by atoms with Crippen LogP contribution < -0.4 is 27.4 Å². The number of rotatable bonds is 13. The molecule has 0 saturated heterocycles. The SMILES string of the molecule is C/C=C\C=C(/N)c1cc([C@@H](COC(=O)NC2(C)CC2)N2C(=O)C(c3ccc(/C(=C/NC(F)F)CNC)cc3)N=C2N)ccc1Cl. The molecule has 1 unspecified atom stereocenters. The number of ether oxygens (including phenoxy) is 1. The number of nitrogens with one attached hydrogen (secondary N) is 3. The third-order valence-corrected chi connectivity index (χ3v) is 7.90. The zero-order valence-corrected chi connectivity index (χ0v) is 26.1. The van der Waals surface area contributed by atoms with Crippen LogP contribution in [0.4, 0.5) is 13.6 Å². The minimum absolute atomic E-state index is 0.0527. The predicted octanol–water partition coefficient (Wildman–Crippen LogP) is 4.81. The highest BCUT2D eigenvalue weighted by Crippen LogP contribution is 2.36. The molecule has 13 heteroatoms. The maximum atomic E-state index is 13.9. The molecule has 0 bridgehead atoms. The fraction of sp³-hybridized carbons (Fsp3) is 0.344. The summed E-state index contributed by atoms with van der Waals surface area (Å²) in [6, 6.07) is 10.1. The maximum Gasteiger partial charge on any atom is 0.407 e. The van der Waals surface area contributed by atoms with Crippen LogP contribution in [-0.4, -0.2) is 55.1 Å². The molecular formula is C32H38ClF2N7O3. The summed E-state index contributed by atoms with van der Waals surface area (Å²) < 4.78 is 31.1. The van der Waals surface area contributed by atoms with Gasteiger partial charge in [-0.05, 0) is 74.2 Å². The van der Waals surface area contributed by atoms with Gasteiger partial charge in [0.2, 0.25) is 0 Å². The zero-order valence-electron chi connectivity index (χ0n) is 25.3. The van der Waals surface area contributed by atoms with Crippen molar-refractivity contribution in [2.24, 2.45) is 16.5 Å². The van der Waals surface area contributed by atoms with Gasteiger partial charge in [-0.2, -0.15) is 8.78 Å². The summed E-state index contributed by atoms with van der Waals surface area (Å²) in [5.41, 5.74) is 15.7. The molecule has 0 aromatic heterocycles. The van der Waals surface area contributed by atoms with Crippen LogP contribution >= 0.6 is 11.6 Å². The Kier molecular flexibility index (Phi) is 10.8. The average molecular weight is 642 g/mol. The third-order valence-electron chi connectivity index (χ3n) is 7.57. The van der Waals surface area contributed by atoms with Gasteiger partial charge in [0, 0.05) is 34.6 Å². The number of allylic oxidation sites excluding steroid dienone is 3. The fourth-order valence-corrected chi connectivity index (χ4v) is 5.05. The van der Waals surface area contributed by atoms with Crippen LogP contribution in [0.2, 0.25) is 5.02 Å². The largest absolute Gasteiger partial charge is 0.447 e. The van der Waals surface area contributed by atoms with Crippen molar-refractivity contribution in [3.05, 3.63) is 94.2 Å². The molecule has 7 N–H and O–H groups in total. The molecule has 4 rings (SSSR count). The predicted molar refractivity (Wildman–Crippen MR) is 172 cm³/mol. The Balaban J connectivity index is 1.64. The van der Waals surface area contributed by atoms with Crippen LogP contribution in [0.15, 0.2) is 71.9 Å². The molecule has 1 saturated carbocycles. The van der Waals surface area contributed by atoms with Gasteiger partial charge in [-0.3, -0.25) is 9.69 Å². The first-order valence-corrected chi connectivity index (χ1v) is 14.8. The second kappa shape index (κ2) is 14.6. The standard InChI is InChI=1S/C32H38ClF2N7O3/c1-4-5-6-25(36)23-15-21(11-12-24(23)33)26(18-45-31(44)41-32(2)13-14-32)42-28(43)27(40-30(42)37)20-9-7-19(8-10-20)22(16-38-3)17-39-29(34)35/h4-12,15,17,26-27,29,38-39H,13-14,16,18,36H2,1-3H3,(H2,37,40)(H,41,44)/b5-4-,22-17+,25-6-/t26-,27?/m1/s1. The van der Waals surface area contributed by atoms with Crippen molar-refractivity contribution in [3.8, 4) is 0 Å². The van der Waals surface area contributed by atoms with E-state index in [0.29, 0.717) is 45.1 Å². The smallest absolute Gasteiger partial charge is 0.407 e. The van der Waals surface area contributed by atoms with Crippen molar-refractivity contribution < 1.29 is 23.1 Å². The zero-order chi connectivity index (χ0) is 32.7. The lowest BCUT2D eigenvalue weighted by atomic mass is 9.99. The van der Waals surface area contributed by atoms with E-state index in [0.717, 1.165) is 12.8 Å². The number of guanidine groups is 1. The van der Waals surface area contributed by atoms with Gasteiger partial charge in [-0.1, -0.05) is 54.1 Å². The van der Waals surface area contributed by atoms with E-state index in [9.17, 15) is 18.4 Å². The number of carbonyl (C=O) groups is 2. The average Bonchev–Trinajstić information content (AvgIpc) is 3.66. The summed E-state index contributed by atoms with van der Waals surface area (Å²) in [4.78, 5) is 32.3. The summed E-state index contributed by atoms with van der Waals surface area (Å²) in [6.45, 7) is 1.20. The van der Waals surface area contributed by atoms with Gasteiger partial charge < -0.3 is 32.2 Å². The minimum atomic E-state index is -2.70. The van der Waals surface area contributed by atoms with Crippen molar-refractivity contribution in [1.29, 1.82) is 0 Å². The van der Waals surface area contributed by atoms with Gasteiger partial charge in [0.05, 0.1) is 6.04 Å². The van der Waals surface area contributed by atoms with Crippen LogP contribution in [0.5, 0.6) is 0 Å². The second-order valence-corrected chi connectivity index (χ2v) is 11.5. The summed E-state index contributed by atoms with van der Waals surface area (Å²) in [7, 11) is 1.71. The number of hydrogen-bond acceptors (Lipinski definition) is 8. The molecule has 2 aliphatic rings. The van der Waals surface area contributed by atoms with E-state index in [4.69, 9.17) is 27.8 Å². The van der Waals surface area contributed by atoms with Gasteiger partial charge in [-0.15, -0.1) is 0 Å². The Morgan fingerprint density at radius 1 is 1.24 bits per heavy atom. The number of hydrogen-bond donors (Lipinski definition) is 5. The number of alkyl halides is 2. The number of alkyl carbamates (subject to hydrolysis) is 1. The lowest BCUT2D eigenvalue weighted by Gasteiger charge is -2.29. The topological polar surface area (TPSA) is 147 Å². The molecule has 0 radical (unpaired) electrons. The number of aliphatic imine (C=N–C) groups is 1. The summed E-state index contributed by atoms with van der Waals surface area (Å²) >= 11 is 6.47. The van der Waals surface area contributed by atoms with E-state index >= 15 is 0 Å². The molecule has 2 atom stereocenters. The van der Waals surface area contributed by atoms with E-state index in [2.05, 4.69) is 15.6 Å². The highest BCUT2D eigenvalue weighted by Gasteiger charge is 2.42. The normalized spacial score (nSPS) is 18.7. The van der Waals surface area contributed by atoms with Gasteiger partial charge in [0.1, 0.15) is 6.61 Å². The van der Waals surface area contributed by atoms with Crippen LogP contribution in [0, 0.1) is 0 Å². The molecule has 1 fully saturated rings. The number of halogens is 3. The summed E-state index contributed by atoms with van der Waals surface area (Å²) in [5, 5.41) is 8.21. The van der Waals surface area contributed by atoms with E-state index in [1.165, 1.54) is 11.1 Å². The maximum absolute atomic E-state index is 13.9. The Labute approximate surface area is 266 Å². The van der Waals surface area contributed by atoms with Crippen molar-refractivity contribution in [3.63, 3.8) is 0 Å². The van der Waals surface area contributed by atoms with Crippen molar-refractivity contribution in [2.45, 2.75) is 50.9 Å². The van der Waals surface area contributed by atoms with Crippen LogP contribution in [0.25, 0.3) is 11.3 Å². The first-order valence-electron chi connectivity index (χ1n) is 14.4. The molecule has 45 heavy (non-hydrogen) atoms. The first-order chi connectivity index (χ1) is 21.5. The van der Waals surface area contributed by atoms with Crippen molar-refractivity contribution in [2.75, 3.05) is 20.2 Å². The van der Waals surface area contributed by atoms with Crippen molar-refractivity contribution in [1.82, 2.24) is 20.9 Å². The molecular weight excluding hydrogens is 604 g/mol. The van der Waals surface area contributed by atoms with Crippen LogP contribution in [0.1, 0.15) is 61.0 Å². The van der Waals surface area contributed by atoms with Gasteiger partial charge in [0.25, 0.3) is 5.91 Å². The highest BCUT2D eigenvalue weighted by molar-refractivity contribution is 6.32. The molecule has 2 amide bonds. The number of nitrogens with two attached hydrogens (primary N) is 2. The molecule has 2 aromatic carbocycles. The molecule has 2 aromatic rings. The van der Waals surface area contributed by atoms with E-state index in [1.807, 2.05) is 25.2 Å². The highest BCUT2D eigenvalue weighted by atomic mass is 35.5. The second-order valence-electron chi connectivity index (χ2n) is 11.1. The van der Waals surface area contributed by atoms with Gasteiger partial charge in [-0.25, -0.2) is 9.79 Å². The monoisotopic (exact) mass is 641 g/mol. The number of carbonyl (C=O) groups excluding carboxylic acids is 2. The number of benzene rings is 2. The Hall–Kier alpha value is -4.42. The van der Waals surface area contributed by atoms with E-state index in [-0.39, 0.29) is 18.1 Å². The summed E-state index contributed by atoms with van der Waals surface area (Å²) in [5.74, 6) is -0.481. The first kappa shape index (κ1) is 33.5. The Bertz CT molecular complexity index is 1520. The van der Waals surface area contributed by atoms with Gasteiger partial charge in [0.15, 0.2) is 12.0 Å². The van der Waals surface area contributed by atoms with Gasteiger partial charge >= 0.3 is 12.6 Å². The number of likely N-dealkylation sites (N-methyl/N-ethyl adjacent to an activating group) is 1. The molecule has 1 aliphatic heterocycles. The minimum Gasteiger partial charge on any atom is -0.447 e. The molecule has 1 heterocycles.